The van der Waals surface area contributed by atoms with Crippen LogP contribution in [-0.2, 0) is 11.3 Å². The van der Waals surface area contributed by atoms with E-state index in [9.17, 15) is 4.79 Å². The van der Waals surface area contributed by atoms with Crippen molar-refractivity contribution < 1.29 is 9.53 Å². The molecule has 0 radical (unpaired) electrons. The fraction of sp³-hybridized carbons (Fsp3) is 0.562. The van der Waals surface area contributed by atoms with Gasteiger partial charge in [0.05, 0.1) is 13.0 Å². The van der Waals surface area contributed by atoms with Gasteiger partial charge in [-0.15, -0.1) is 0 Å². The molecular weight excluding hydrogens is 252 g/mol. The molecule has 2 N–H and O–H groups in total. The Labute approximate surface area is 120 Å². The minimum atomic E-state index is -0.000606. The third-order valence-electron chi connectivity index (χ3n) is 4.14. The second-order valence-corrected chi connectivity index (χ2v) is 5.70. The van der Waals surface area contributed by atoms with Crippen molar-refractivity contribution in [2.24, 2.45) is 11.7 Å². The van der Waals surface area contributed by atoms with Crippen molar-refractivity contribution in [3.63, 3.8) is 0 Å². The van der Waals surface area contributed by atoms with Crippen LogP contribution < -0.4 is 10.5 Å². The van der Waals surface area contributed by atoms with E-state index in [0.29, 0.717) is 6.54 Å². The summed E-state index contributed by atoms with van der Waals surface area (Å²) >= 11 is 0. The lowest BCUT2D eigenvalue weighted by molar-refractivity contribution is -0.134. The van der Waals surface area contributed by atoms with E-state index < -0.39 is 0 Å². The molecule has 0 saturated heterocycles. The van der Waals surface area contributed by atoms with Crippen molar-refractivity contribution in [2.45, 2.75) is 38.8 Å². The van der Waals surface area contributed by atoms with Gasteiger partial charge in [0.1, 0.15) is 5.75 Å². The minimum absolute atomic E-state index is 0.000606. The summed E-state index contributed by atoms with van der Waals surface area (Å²) in [5, 5.41) is 0. The van der Waals surface area contributed by atoms with Crippen LogP contribution in [0.25, 0.3) is 0 Å². The quantitative estimate of drug-likeness (QED) is 0.916. The molecule has 20 heavy (non-hydrogen) atoms. The fourth-order valence-corrected chi connectivity index (χ4v) is 2.97. The molecule has 110 valence electrons. The van der Waals surface area contributed by atoms with Crippen LogP contribution in [0.1, 0.15) is 30.4 Å². The van der Waals surface area contributed by atoms with E-state index in [2.05, 4.69) is 6.07 Å². The topological polar surface area (TPSA) is 55.6 Å². The Kier molecular flexibility index (Phi) is 4.65. The van der Waals surface area contributed by atoms with Gasteiger partial charge in [-0.3, -0.25) is 4.79 Å². The highest BCUT2D eigenvalue weighted by Crippen LogP contribution is 2.26. The Morgan fingerprint density at radius 1 is 1.45 bits per heavy atom. The SMILES string of the molecule is COc1ccc(CN(C)C(=O)[C@@H]2CCC[C@H]2N)cc1C. The number of hydrogen-bond acceptors (Lipinski definition) is 3. The van der Waals surface area contributed by atoms with Crippen LogP contribution >= 0.6 is 0 Å². The van der Waals surface area contributed by atoms with Crippen LogP contribution in [0, 0.1) is 12.8 Å². The molecule has 0 spiro atoms. The summed E-state index contributed by atoms with van der Waals surface area (Å²) in [5.74, 6) is 1.04. The number of nitrogens with zero attached hydrogens (tertiary/aromatic N) is 1. The van der Waals surface area contributed by atoms with Crippen LogP contribution in [0.3, 0.4) is 0 Å². The highest BCUT2D eigenvalue weighted by atomic mass is 16.5. The molecule has 1 aliphatic rings. The highest BCUT2D eigenvalue weighted by molar-refractivity contribution is 5.79. The molecule has 4 heteroatoms. The van der Waals surface area contributed by atoms with Crippen molar-refractivity contribution in [3.05, 3.63) is 29.3 Å². The number of ether oxygens (including phenoxy) is 1. The third-order valence-corrected chi connectivity index (χ3v) is 4.14. The number of aryl methyl sites for hydroxylation is 1. The average Bonchev–Trinajstić information content (AvgIpc) is 2.84. The normalized spacial score (nSPS) is 21.8. The summed E-state index contributed by atoms with van der Waals surface area (Å²) in [7, 11) is 3.52. The monoisotopic (exact) mass is 276 g/mol. The molecule has 0 unspecified atom stereocenters. The molecule has 1 aromatic rings. The molecular formula is C16H24N2O2. The zero-order valence-corrected chi connectivity index (χ0v) is 12.6. The van der Waals surface area contributed by atoms with Gasteiger partial charge in [-0.25, -0.2) is 0 Å². The number of carbonyl (C=O) groups is 1. The lowest BCUT2D eigenvalue weighted by Gasteiger charge is -2.23. The summed E-state index contributed by atoms with van der Waals surface area (Å²) in [6.07, 6.45) is 2.95. The van der Waals surface area contributed by atoms with Gasteiger partial charge in [0.2, 0.25) is 5.91 Å². The molecule has 2 atom stereocenters. The van der Waals surface area contributed by atoms with Crippen molar-refractivity contribution in [3.8, 4) is 5.75 Å². The second-order valence-electron chi connectivity index (χ2n) is 5.70. The van der Waals surface area contributed by atoms with E-state index in [-0.39, 0.29) is 17.9 Å². The summed E-state index contributed by atoms with van der Waals surface area (Å²) in [6.45, 7) is 2.63. The first-order chi connectivity index (χ1) is 9.52. The Hall–Kier alpha value is -1.55. The molecule has 0 bridgehead atoms. The van der Waals surface area contributed by atoms with Crippen LogP contribution in [0.4, 0.5) is 0 Å². The second kappa shape index (κ2) is 6.27. The summed E-state index contributed by atoms with van der Waals surface area (Å²) in [4.78, 5) is 14.2. The van der Waals surface area contributed by atoms with Crippen LogP contribution in [0.5, 0.6) is 5.75 Å². The van der Waals surface area contributed by atoms with Gasteiger partial charge in [-0.2, -0.15) is 0 Å². The highest BCUT2D eigenvalue weighted by Gasteiger charge is 2.32. The van der Waals surface area contributed by atoms with Gasteiger partial charge < -0.3 is 15.4 Å². The van der Waals surface area contributed by atoms with Crippen LogP contribution in [-0.4, -0.2) is 31.0 Å². The largest absolute Gasteiger partial charge is 0.496 e. The number of nitrogens with two attached hydrogens (primary N) is 1. The first-order valence-corrected chi connectivity index (χ1v) is 7.17. The number of amides is 1. The maximum atomic E-state index is 12.4. The predicted molar refractivity (Wildman–Crippen MR) is 79.5 cm³/mol. The Morgan fingerprint density at radius 3 is 2.75 bits per heavy atom. The number of benzene rings is 1. The van der Waals surface area contributed by atoms with E-state index >= 15 is 0 Å². The van der Waals surface area contributed by atoms with Gasteiger partial charge in [0.25, 0.3) is 0 Å². The molecule has 2 rings (SSSR count). The number of carbonyl (C=O) groups excluding carboxylic acids is 1. The number of methoxy groups -OCH3 is 1. The smallest absolute Gasteiger partial charge is 0.227 e. The van der Waals surface area contributed by atoms with Crippen molar-refractivity contribution in [1.29, 1.82) is 0 Å². The van der Waals surface area contributed by atoms with Crippen molar-refractivity contribution in [1.82, 2.24) is 4.90 Å². The van der Waals surface area contributed by atoms with Crippen molar-refractivity contribution >= 4 is 5.91 Å². The molecule has 0 heterocycles. The Morgan fingerprint density at radius 2 is 2.20 bits per heavy atom. The summed E-state index contributed by atoms with van der Waals surface area (Å²) in [6, 6.07) is 6.05. The average molecular weight is 276 g/mol. The van der Waals surface area contributed by atoms with Crippen LogP contribution in [0.2, 0.25) is 0 Å². The molecule has 1 saturated carbocycles. The number of rotatable bonds is 4. The first kappa shape index (κ1) is 14.9. The van der Waals surface area contributed by atoms with E-state index in [1.165, 1.54) is 0 Å². The maximum Gasteiger partial charge on any atom is 0.227 e. The van der Waals surface area contributed by atoms with Crippen LogP contribution in [0.15, 0.2) is 18.2 Å². The molecule has 1 aromatic carbocycles. The molecule has 1 aliphatic carbocycles. The Bertz CT molecular complexity index is 487. The van der Waals surface area contributed by atoms with E-state index in [1.807, 2.05) is 26.1 Å². The third kappa shape index (κ3) is 3.12. The van der Waals surface area contributed by atoms with Gasteiger partial charge in [-0.05, 0) is 37.0 Å². The lowest BCUT2D eigenvalue weighted by atomic mass is 10.0. The number of hydrogen-bond donors (Lipinski definition) is 1. The molecule has 0 aliphatic heterocycles. The van der Waals surface area contributed by atoms with Crippen molar-refractivity contribution in [2.75, 3.05) is 14.2 Å². The Balaban J connectivity index is 2.02. The molecule has 1 fully saturated rings. The van der Waals surface area contributed by atoms with Gasteiger partial charge in [-0.1, -0.05) is 18.6 Å². The lowest BCUT2D eigenvalue weighted by Crippen LogP contribution is -2.39. The predicted octanol–water partition coefficient (Wildman–Crippen LogP) is 2.09. The maximum absolute atomic E-state index is 12.4. The first-order valence-electron chi connectivity index (χ1n) is 7.17. The van der Waals surface area contributed by atoms with E-state index in [1.54, 1.807) is 12.0 Å². The van der Waals surface area contributed by atoms with Gasteiger partial charge >= 0.3 is 0 Å². The summed E-state index contributed by atoms with van der Waals surface area (Å²) < 4.78 is 5.25. The molecule has 0 aromatic heterocycles. The molecule has 1 amide bonds. The zero-order chi connectivity index (χ0) is 14.7. The summed E-state index contributed by atoms with van der Waals surface area (Å²) in [5.41, 5.74) is 8.21. The minimum Gasteiger partial charge on any atom is -0.496 e. The molecule has 4 nitrogen and oxygen atoms in total. The zero-order valence-electron chi connectivity index (χ0n) is 12.6. The fourth-order valence-electron chi connectivity index (χ4n) is 2.97. The van der Waals surface area contributed by atoms with E-state index in [4.69, 9.17) is 10.5 Å². The van der Waals surface area contributed by atoms with Gasteiger partial charge in [0.15, 0.2) is 0 Å². The standard InChI is InChI=1S/C16H24N2O2/c1-11-9-12(7-8-15(11)20-3)10-18(2)16(19)13-5-4-6-14(13)17/h7-9,13-14H,4-6,10,17H2,1-3H3/t13-,14-/m1/s1. The van der Waals surface area contributed by atoms with Gasteiger partial charge in [0, 0.05) is 19.6 Å². The van der Waals surface area contributed by atoms with E-state index in [0.717, 1.165) is 36.1 Å².